The Morgan fingerprint density at radius 1 is 1.35 bits per heavy atom. The number of carbonyl (C=O) groups is 2. The Hall–Kier alpha value is -4.03. The highest BCUT2D eigenvalue weighted by atomic mass is 16.3. The van der Waals surface area contributed by atoms with Crippen LogP contribution < -0.4 is 16.4 Å². The molecule has 9 nitrogen and oxygen atoms in total. The van der Waals surface area contributed by atoms with Gasteiger partial charge in [0, 0.05) is 34.8 Å². The fraction of sp³-hybridized carbons (Fsp3) is 0.227. The Balaban J connectivity index is 1.53. The molecule has 3 heterocycles. The van der Waals surface area contributed by atoms with E-state index in [-0.39, 0.29) is 23.7 Å². The standard InChI is InChI=1S/C22H18N6O3/c1-9-3-16-12(19(29)22(31)27-16)6-11(9)17-4-10-5-18(25-8-14(10)20(23)26-17)28-21(30)13-7-15(13)24-2/h2-6,8,13,15,19,29H,7H2,1H3,(H3-,23,25,26,27,28,30,31)/p+1/t13-,15-,19?/m0/s1. The fourth-order valence-corrected chi connectivity index (χ4v) is 3.90. The normalized spacial score (nSPS) is 21.3. The van der Waals surface area contributed by atoms with Crippen molar-refractivity contribution in [3.8, 4) is 17.8 Å². The van der Waals surface area contributed by atoms with Crippen molar-refractivity contribution in [2.24, 2.45) is 5.92 Å². The van der Waals surface area contributed by atoms with E-state index in [0.717, 1.165) is 16.5 Å². The summed E-state index contributed by atoms with van der Waals surface area (Å²) in [5.74, 6) is -0.167. The van der Waals surface area contributed by atoms with Crippen molar-refractivity contribution in [1.82, 2.24) is 9.97 Å². The number of rotatable bonds is 3. The summed E-state index contributed by atoms with van der Waals surface area (Å²) in [6.07, 6.45) is 0.985. The number of pyridine rings is 2. The predicted molar refractivity (Wildman–Crippen MR) is 117 cm³/mol. The monoisotopic (exact) mass is 415 g/mol. The molecule has 0 saturated heterocycles. The molecule has 3 aromatic rings. The number of carbonyl (C=O) groups excluding carboxylic acids is 2. The van der Waals surface area contributed by atoms with Crippen molar-refractivity contribution >= 4 is 39.9 Å². The van der Waals surface area contributed by atoms with Gasteiger partial charge in [-0.25, -0.2) is 9.97 Å². The fourth-order valence-electron chi connectivity index (χ4n) is 3.90. The molecule has 1 aliphatic carbocycles. The summed E-state index contributed by atoms with van der Waals surface area (Å²) >= 11 is 0. The van der Waals surface area contributed by atoms with Gasteiger partial charge in [0.1, 0.15) is 17.6 Å². The molecule has 2 amide bonds. The molecule has 154 valence electrons. The number of nitrogens with zero attached hydrogens (tertiary/aromatic N) is 3. The molecule has 1 fully saturated rings. The predicted octanol–water partition coefficient (Wildman–Crippen LogP) is 2.46. The maximum atomic E-state index is 12.3. The average molecular weight is 415 g/mol. The number of anilines is 3. The molecule has 9 heteroatoms. The number of nitrogen functional groups attached to an aromatic ring is 1. The quantitative estimate of drug-likeness (QED) is 0.519. The number of aliphatic hydroxyl groups is 1. The van der Waals surface area contributed by atoms with E-state index in [1.807, 2.05) is 13.0 Å². The summed E-state index contributed by atoms with van der Waals surface area (Å²) < 4.78 is 0. The van der Waals surface area contributed by atoms with Crippen LogP contribution in [0.2, 0.25) is 0 Å². The molecule has 1 aromatic carbocycles. The highest BCUT2D eigenvalue weighted by Gasteiger charge is 2.52. The maximum absolute atomic E-state index is 12.3. The highest BCUT2D eigenvalue weighted by Crippen LogP contribution is 2.38. The summed E-state index contributed by atoms with van der Waals surface area (Å²) in [4.78, 5) is 36.5. The number of amides is 2. The average Bonchev–Trinajstić information content (AvgIpc) is 3.48. The molecule has 3 atom stereocenters. The number of fused-ring (bicyclic) bond motifs is 2. The molecule has 0 bridgehead atoms. The highest BCUT2D eigenvalue weighted by molar-refractivity contribution is 6.03. The molecule has 2 aliphatic rings. The van der Waals surface area contributed by atoms with Crippen LogP contribution in [0.25, 0.3) is 26.9 Å². The molecule has 0 spiro atoms. The number of aliphatic hydroxyl groups excluding tert-OH is 1. The van der Waals surface area contributed by atoms with Gasteiger partial charge in [0.2, 0.25) is 5.91 Å². The van der Waals surface area contributed by atoms with Crippen LogP contribution in [-0.2, 0) is 9.59 Å². The molecule has 1 unspecified atom stereocenters. The van der Waals surface area contributed by atoms with Crippen LogP contribution in [0.5, 0.6) is 0 Å². The number of hydrogen-bond donors (Lipinski definition) is 4. The van der Waals surface area contributed by atoms with Crippen molar-refractivity contribution in [1.29, 1.82) is 0 Å². The molecular weight excluding hydrogens is 396 g/mol. The number of nitrogens with two attached hydrogens (primary N) is 1. The Morgan fingerprint density at radius 2 is 2.16 bits per heavy atom. The molecule has 0 radical (unpaired) electrons. The zero-order valence-electron chi connectivity index (χ0n) is 16.6. The van der Waals surface area contributed by atoms with Crippen LogP contribution in [0.3, 0.4) is 0 Å². The van der Waals surface area contributed by atoms with Gasteiger partial charge in [-0.2, -0.15) is 0 Å². The Labute approximate surface area is 177 Å². The van der Waals surface area contributed by atoms with E-state index >= 15 is 0 Å². The smallest absolute Gasteiger partial charge is 0.285 e. The van der Waals surface area contributed by atoms with E-state index in [1.165, 1.54) is 0 Å². The number of nitrogens with one attached hydrogen (secondary N) is 2. The Kier molecular flexibility index (Phi) is 4.13. The van der Waals surface area contributed by atoms with Gasteiger partial charge in [-0.3, -0.25) is 9.59 Å². The van der Waals surface area contributed by atoms with E-state index in [4.69, 9.17) is 12.3 Å². The third kappa shape index (κ3) is 3.14. The third-order valence-corrected chi connectivity index (χ3v) is 5.75. The van der Waals surface area contributed by atoms with Gasteiger partial charge in [0.05, 0.1) is 5.69 Å². The SMILES string of the molecule is C#[N+][C@H]1C[C@@H]1C(=O)Nc1cc2cc(-c3cc4c(cc3C)NC(=O)C4O)nc(N)c2cn1. The lowest BCUT2D eigenvalue weighted by atomic mass is 9.98. The summed E-state index contributed by atoms with van der Waals surface area (Å²) in [6, 6.07) is 6.98. The van der Waals surface area contributed by atoms with Crippen LogP contribution in [0.1, 0.15) is 23.7 Å². The van der Waals surface area contributed by atoms with Crippen molar-refractivity contribution in [2.75, 3.05) is 16.4 Å². The minimum absolute atomic E-state index is 0.133. The first kappa shape index (κ1) is 19.0. The first-order valence-corrected chi connectivity index (χ1v) is 9.76. The summed E-state index contributed by atoms with van der Waals surface area (Å²) in [5, 5.41) is 17.0. The number of aryl methyl sites for hydroxylation is 1. The topological polar surface area (TPSA) is 135 Å². The third-order valence-electron chi connectivity index (χ3n) is 5.75. The Morgan fingerprint density at radius 3 is 2.90 bits per heavy atom. The van der Waals surface area contributed by atoms with Crippen molar-refractivity contribution < 1.29 is 14.7 Å². The van der Waals surface area contributed by atoms with Crippen LogP contribution in [0.15, 0.2) is 30.5 Å². The van der Waals surface area contributed by atoms with Crippen molar-refractivity contribution in [3.63, 3.8) is 0 Å². The van der Waals surface area contributed by atoms with Crippen molar-refractivity contribution in [3.05, 3.63) is 46.4 Å². The van der Waals surface area contributed by atoms with Gasteiger partial charge >= 0.3 is 0 Å². The molecule has 1 aliphatic heterocycles. The zero-order valence-corrected chi connectivity index (χ0v) is 16.6. The minimum atomic E-state index is -1.22. The van der Waals surface area contributed by atoms with Gasteiger partial charge in [0.25, 0.3) is 18.5 Å². The van der Waals surface area contributed by atoms with E-state index in [0.29, 0.717) is 34.6 Å². The van der Waals surface area contributed by atoms with Crippen LogP contribution in [0, 0.1) is 19.4 Å². The number of benzene rings is 1. The molecule has 5 N–H and O–H groups in total. The second-order valence-electron chi connectivity index (χ2n) is 7.88. The van der Waals surface area contributed by atoms with Gasteiger partial charge in [-0.05, 0) is 42.1 Å². The first-order valence-electron chi connectivity index (χ1n) is 9.76. The van der Waals surface area contributed by atoms with Gasteiger partial charge in [-0.1, -0.05) is 4.85 Å². The van der Waals surface area contributed by atoms with Gasteiger partial charge in [-0.15, -0.1) is 0 Å². The summed E-state index contributed by atoms with van der Waals surface area (Å²) in [5.41, 5.74) is 9.46. The lowest BCUT2D eigenvalue weighted by molar-refractivity contribution is -0.123. The molecule has 1 saturated carbocycles. The van der Waals surface area contributed by atoms with E-state index < -0.39 is 12.0 Å². The second kappa shape index (κ2) is 6.75. The summed E-state index contributed by atoms with van der Waals surface area (Å²) in [6.45, 7) is 7.14. The van der Waals surface area contributed by atoms with Crippen LogP contribution in [0.4, 0.5) is 17.3 Å². The first-order chi connectivity index (χ1) is 14.9. The molecular formula is C22H19N6O3+. The number of aromatic nitrogens is 2. The molecule has 31 heavy (non-hydrogen) atoms. The van der Waals surface area contributed by atoms with Gasteiger partial charge in [0.15, 0.2) is 6.10 Å². The lowest BCUT2D eigenvalue weighted by Gasteiger charge is -2.12. The van der Waals surface area contributed by atoms with E-state index in [9.17, 15) is 14.7 Å². The van der Waals surface area contributed by atoms with E-state index in [1.54, 1.807) is 24.4 Å². The lowest BCUT2D eigenvalue weighted by Crippen LogP contribution is -2.16. The maximum Gasteiger partial charge on any atom is 0.285 e. The Bertz CT molecular complexity index is 1330. The second-order valence-corrected chi connectivity index (χ2v) is 7.88. The van der Waals surface area contributed by atoms with Crippen LogP contribution >= 0.6 is 0 Å². The minimum Gasteiger partial charge on any atom is -0.383 e. The largest absolute Gasteiger partial charge is 0.383 e. The van der Waals surface area contributed by atoms with E-state index in [2.05, 4.69) is 25.4 Å². The van der Waals surface area contributed by atoms with Crippen LogP contribution in [-0.4, -0.2) is 32.9 Å². The molecule has 5 rings (SSSR count). The number of hydrogen-bond acceptors (Lipinski definition) is 6. The van der Waals surface area contributed by atoms with Crippen molar-refractivity contribution in [2.45, 2.75) is 25.5 Å². The summed E-state index contributed by atoms with van der Waals surface area (Å²) in [7, 11) is 0. The molecule has 2 aromatic heterocycles. The van der Waals surface area contributed by atoms with Gasteiger partial charge < -0.3 is 21.5 Å². The zero-order chi connectivity index (χ0) is 21.9.